The quantitative estimate of drug-likeness (QED) is 0.345. The molecule has 13 heavy (non-hydrogen) atoms. The van der Waals surface area contributed by atoms with Crippen molar-refractivity contribution in [1.82, 2.24) is 10.3 Å². The van der Waals surface area contributed by atoms with Gasteiger partial charge >= 0.3 is 0 Å². The van der Waals surface area contributed by atoms with Gasteiger partial charge in [0.15, 0.2) is 0 Å². The minimum absolute atomic E-state index is 0.297. The molecule has 0 aliphatic rings. The third-order valence-electron chi connectivity index (χ3n) is 1.57. The van der Waals surface area contributed by atoms with Gasteiger partial charge in [-0.1, -0.05) is 5.28 Å². The van der Waals surface area contributed by atoms with E-state index in [1.165, 1.54) is 5.01 Å². The van der Waals surface area contributed by atoms with Crippen LogP contribution in [-0.2, 0) is 0 Å². The topological polar surface area (TPSA) is 108 Å². The second-order valence-corrected chi connectivity index (χ2v) is 2.59. The lowest BCUT2D eigenvalue weighted by Crippen LogP contribution is -2.39. The van der Waals surface area contributed by atoms with Crippen LogP contribution in [0.5, 0.6) is 0 Å². The van der Waals surface area contributed by atoms with Crippen LogP contribution in [-0.4, -0.2) is 41.7 Å². The molecule has 0 aliphatic carbocycles. The molecule has 0 amide bonds. The van der Waals surface area contributed by atoms with Gasteiger partial charge in [0, 0.05) is 13.1 Å². The predicted molar refractivity (Wildman–Crippen MR) is 48.3 cm³/mol. The summed E-state index contributed by atoms with van der Waals surface area (Å²) in [6.45, 7) is 2.01. The second kappa shape index (κ2) is 7.87. The van der Waals surface area contributed by atoms with Gasteiger partial charge in [0.05, 0.1) is 5.29 Å². The number of nitroso groups, excluding NO2 is 1. The van der Waals surface area contributed by atoms with E-state index in [0.717, 1.165) is 0 Å². The maximum atomic E-state index is 9.99. The molecule has 78 valence electrons. The van der Waals surface area contributed by atoms with Crippen LogP contribution in [0.1, 0.15) is 12.8 Å². The molecule has 0 unspecified atom stereocenters. The first-order chi connectivity index (χ1) is 6.26. The molecule has 0 rings (SSSR count). The molecule has 0 heterocycles. The monoisotopic (exact) mass is 191 g/mol. The van der Waals surface area contributed by atoms with Gasteiger partial charge in [0.1, 0.15) is 0 Å². The SMILES string of the molecule is NCCCN(CCCN)N(O)N=O. The van der Waals surface area contributed by atoms with Crippen molar-refractivity contribution >= 4 is 0 Å². The minimum atomic E-state index is 0.297. The largest absolute Gasteiger partial charge is 0.330 e. The van der Waals surface area contributed by atoms with Crippen LogP contribution in [0.25, 0.3) is 0 Å². The third kappa shape index (κ3) is 5.47. The lowest BCUT2D eigenvalue weighted by Gasteiger charge is -2.23. The molecule has 0 aromatic carbocycles. The van der Waals surface area contributed by atoms with Crippen molar-refractivity contribution in [1.29, 1.82) is 0 Å². The summed E-state index contributed by atoms with van der Waals surface area (Å²) in [5.41, 5.74) is 10.6. The van der Waals surface area contributed by atoms with E-state index < -0.39 is 0 Å². The van der Waals surface area contributed by atoms with Crippen LogP contribution >= 0.6 is 0 Å². The molecule has 0 spiro atoms. The average molecular weight is 191 g/mol. The van der Waals surface area contributed by atoms with Gasteiger partial charge in [-0.15, -0.1) is 4.91 Å². The number of nitrogens with zero attached hydrogens (tertiary/aromatic N) is 3. The fourth-order valence-corrected chi connectivity index (χ4v) is 0.890. The molecule has 0 saturated heterocycles. The molecule has 0 aliphatic heterocycles. The summed E-state index contributed by atoms with van der Waals surface area (Å²) in [5.74, 6) is 0. The average Bonchev–Trinajstić information content (AvgIpc) is 2.17. The summed E-state index contributed by atoms with van der Waals surface area (Å²) in [6, 6.07) is 0. The van der Waals surface area contributed by atoms with Gasteiger partial charge in [-0.25, -0.2) is 0 Å². The highest BCUT2D eigenvalue weighted by atomic mass is 16.6. The summed E-state index contributed by atoms with van der Waals surface area (Å²) >= 11 is 0. The highest BCUT2D eigenvalue weighted by Crippen LogP contribution is 1.97. The van der Waals surface area contributed by atoms with E-state index in [1.54, 1.807) is 0 Å². The minimum Gasteiger partial charge on any atom is -0.330 e. The van der Waals surface area contributed by atoms with Crippen molar-refractivity contribution in [3.8, 4) is 0 Å². The molecule has 5 N–H and O–H groups in total. The standard InChI is InChI=1S/C6H17N5O2/c7-3-1-5-10(6-2-4-8)11(13)9-12/h13H,1-8H2. The van der Waals surface area contributed by atoms with E-state index in [9.17, 15) is 4.91 Å². The molecule has 0 fully saturated rings. The Morgan fingerprint density at radius 1 is 1.15 bits per heavy atom. The van der Waals surface area contributed by atoms with E-state index in [4.69, 9.17) is 16.7 Å². The van der Waals surface area contributed by atoms with Crippen molar-refractivity contribution in [3.63, 3.8) is 0 Å². The molecule has 0 bridgehead atoms. The Labute approximate surface area is 77.1 Å². The number of hydrogen-bond donors (Lipinski definition) is 3. The molecule has 0 atom stereocenters. The van der Waals surface area contributed by atoms with E-state index in [1.807, 2.05) is 0 Å². The van der Waals surface area contributed by atoms with Crippen LogP contribution in [0.4, 0.5) is 0 Å². The van der Waals surface area contributed by atoms with Crippen LogP contribution in [0.2, 0.25) is 0 Å². The summed E-state index contributed by atoms with van der Waals surface area (Å²) < 4.78 is 0. The first-order valence-electron chi connectivity index (χ1n) is 4.23. The summed E-state index contributed by atoms with van der Waals surface area (Å²) in [6.07, 6.45) is 1.38. The van der Waals surface area contributed by atoms with Crippen molar-refractivity contribution in [3.05, 3.63) is 4.91 Å². The van der Waals surface area contributed by atoms with Crippen LogP contribution in [0, 0.1) is 4.91 Å². The van der Waals surface area contributed by atoms with Crippen LogP contribution < -0.4 is 11.5 Å². The fraction of sp³-hybridized carbons (Fsp3) is 1.00. The Hall–Kier alpha value is -0.760. The Bertz CT molecular complexity index is 126. The summed E-state index contributed by atoms with van der Waals surface area (Å²) in [7, 11) is 0. The lowest BCUT2D eigenvalue weighted by molar-refractivity contribution is -0.248. The normalized spacial score (nSPS) is 10.5. The Balaban J connectivity index is 3.79. The van der Waals surface area contributed by atoms with Gasteiger partial charge in [-0.3, -0.25) is 5.21 Å². The Morgan fingerprint density at radius 2 is 1.62 bits per heavy atom. The van der Waals surface area contributed by atoms with Gasteiger partial charge in [0.25, 0.3) is 0 Å². The number of rotatable bonds is 8. The third-order valence-corrected chi connectivity index (χ3v) is 1.57. The number of hydrazine groups is 1. The second-order valence-electron chi connectivity index (χ2n) is 2.59. The Morgan fingerprint density at radius 3 is 1.92 bits per heavy atom. The molecule has 0 radical (unpaired) electrons. The van der Waals surface area contributed by atoms with Gasteiger partial charge < -0.3 is 11.5 Å². The molecule has 0 aromatic rings. The van der Waals surface area contributed by atoms with E-state index in [-0.39, 0.29) is 0 Å². The van der Waals surface area contributed by atoms with Crippen molar-refractivity contribution in [2.45, 2.75) is 12.8 Å². The van der Waals surface area contributed by atoms with Gasteiger partial charge in [-0.2, -0.15) is 5.01 Å². The summed E-state index contributed by atoms with van der Waals surface area (Å²) in [4.78, 5) is 9.99. The first kappa shape index (κ1) is 12.2. The highest BCUT2D eigenvalue weighted by molar-refractivity contribution is 4.51. The van der Waals surface area contributed by atoms with Crippen molar-refractivity contribution < 1.29 is 5.21 Å². The van der Waals surface area contributed by atoms with Crippen LogP contribution in [0.3, 0.4) is 0 Å². The van der Waals surface area contributed by atoms with E-state index >= 15 is 0 Å². The first-order valence-corrected chi connectivity index (χ1v) is 4.23. The smallest absolute Gasteiger partial charge is 0.0962 e. The van der Waals surface area contributed by atoms with E-state index in [2.05, 4.69) is 5.29 Å². The molecular formula is C6H17N5O2. The number of nitrogens with two attached hydrogens (primary N) is 2. The lowest BCUT2D eigenvalue weighted by atomic mass is 10.4. The molecule has 0 aromatic heterocycles. The molecule has 7 heteroatoms. The maximum Gasteiger partial charge on any atom is 0.0962 e. The highest BCUT2D eigenvalue weighted by Gasteiger charge is 2.10. The molecule has 7 nitrogen and oxygen atoms in total. The van der Waals surface area contributed by atoms with Crippen molar-refractivity contribution in [2.24, 2.45) is 16.8 Å². The molecular weight excluding hydrogens is 174 g/mol. The van der Waals surface area contributed by atoms with Gasteiger partial charge in [0.2, 0.25) is 0 Å². The zero-order valence-electron chi connectivity index (χ0n) is 7.59. The molecule has 0 saturated carbocycles. The van der Waals surface area contributed by atoms with Crippen molar-refractivity contribution in [2.75, 3.05) is 26.2 Å². The van der Waals surface area contributed by atoms with Gasteiger partial charge in [-0.05, 0) is 25.9 Å². The van der Waals surface area contributed by atoms with E-state index in [0.29, 0.717) is 44.3 Å². The van der Waals surface area contributed by atoms with Crippen LogP contribution in [0.15, 0.2) is 5.29 Å². The Kier molecular flexibility index (Phi) is 7.41. The zero-order valence-corrected chi connectivity index (χ0v) is 7.59. The maximum absolute atomic E-state index is 9.99. The number of hydrogen-bond acceptors (Lipinski definition) is 6. The predicted octanol–water partition coefficient (Wildman–Crippen LogP) is -0.726. The summed E-state index contributed by atoms with van der Waals surface area (Å²) in [5, 5.41) is 13.0. The zero-order chi connectivity index (χ0) is 10.1. The fourth-order valence-electron chi connectivity index (χ4n) is 0.890.